The molecule has 1 aliphatic carbocycles. The lowest BCUT2D eigenvalue weighted by molar-refractivity contribution is -0.0324. The Hall–Kier alpha value is -1.00. The van der Waals surface area contributed by atoms with Gasteiger partial charge < -0.3 is 10.5 Å². The molecule has 1 fully saturated rings. The highest BCUT2D eigenvalue weighted by Crippen LogP contribution is 2.39. The first-order valence-corrected chi connectivity index (χ1v) is 7.87. The van der Waals surface area contributed by atoms with E-state index >= 15 is 0 Å². The van der Waals surface area contributed by atoms with Gasteiger partial charge >= 0.3 is 0 Å². The van der Waals surface area contributed by atoms with E-state index in [0.717, 1.165) is 12.8 Å². The average Bonchev–Trinajstić information content (AvgIpc) is 2.35. The van der Waals surface area contributed by atoms with Gasteiger partial charge in [-0.05, 0) is 48.8 Å². The van der Waals surface area contributed by atoms with Crippen LogP contribution < -0.4 is 5.73 Å². The van der Waals surface area contributed by atoms with Crippen LogP contribution in [0.25, 0.3) is 0 Å². The molecular weight excluding hydrogens is 285 g/mol. The maximum absolute atomic E-state index is 13.9. The Bertz CT molecular complexity index is 530. The first-order chi connectivity index (χ1) is 9.77. The van der Waals surface area contributed by atoms with E-state index in [-0.39, 0.29) is 23.5 Å². The summed E-state index contributed by atoms with van der Waals surface area (Å²) in [6.07, 6.45) is 3.48. The summed E-state index contributed by atoms with van der Waals surface area (Å²) in [7, 11) is 0. The first kappa shape index (κ1) is 16.4. The van der Waals surface area contributed by atoms with Crippen LogP contribution in [0, 0.1) is 17.2 Å². The van der Waals surface area contributed by atoms with Crippen LogP contribution in [-0.4, -0.2) is 11.1 Å². The van der Waals surface area contributed by atoms with E-state index in [0.29, 0.717) is 22.5 Å². The van der Waals surface area contributed by atoms with Crippen molar-refractivity contribution in [3.05, 3.63) is 35.1 Å². The predicted molar refractivity (Wildman–Crippen MR) is 87.7 cm³/mol. The fourth-order valence-electron chi connectivity index (χ4n) is 3.43. The minimum atomic E-state index is -0.266. The zero-order valence-electron chi connectivity index (χ0n) is 13.0. The van der Waals surface area contributed by atoms with Crippen molar-refractivity contribution in [3.8, 4) is 0 Å². The molecule has 2 nitrogen and oxygen atoms in total. The van der Waals surface area contributed by atoms with E-state index < -0.39 is 0 Å². The summed E-state index contributed by atoms with van der Waals surface area (Å²) in [5.41, 5.74) is 7.09. The molecule has 1 aromatic rings. The monoisotopic (exact) mass is 309 g/mol. The second-order valence-corrected chi connectivity index (χ2v) is 7.46. The van der Waals surface area contributed by atoms with Gasteiger partial charge in [0.15, 0.2) is 0 Å². The van der Waals surface area contributed by atoms with Gasteiger partial charge in [0, 0.05) is 11.1 Å². The van der Waals surface area contributed by atoms with Crippen LogP contribution >= 0.6 is 12.2 Å². The summed E-state index contributed by atoms with van der Waals surface area (Å²) < 4.78 is 19.8. The number of halogens is 1. The fourth-order valence-corrected chi connectivity index (χ4v) is 3.56. The highest BCUT2D eigenvalue weighted by atomic mass is 32.1. The smallest absolute Gasteiger partial charge is 0.128 e. The molecule has 0 amide bonds. The summed E-state index contributed by atoms with van der Waals surface area (Å²) in [5, 5.41) is 0. The molecule has 21 heavy (non-hydrogen) atoms. The van der Waals surface area contributed by atoms with Crippen LogP contribution in [0.4, 0.5) is 4.39 Å². The van der Waals surface area contributed by atoms with Gasteiger partial charge in [-0.25, -0.2) is 4.39 Å². The molecule has 0 heterocycles. The Labute approximate surface area is 131 Å². The van der Waals surface area contributed by atoms with Crippen molar-refractivity contribution < 1.29 is 9.13 Å². The van der Waals surface area contributed by atoms with Crippen LogP contribution in [0.3, 0.4) is 0 Å². The number of benzene rings is 1. The Morgan fingerprint density at radius 2 is 2.14 bits per heavy atom. The molecule has 1 aromatic carbocycles. The molecule has 1 saturated carbocycles. The van der Waals surface area contributed by atoms with Gasteiger partial charge in [-0.1, -0.05) is 33.0 Å². The van der Waals surface area contributed by atoms with Crippen molar-refractivity contribution in [1.29, 1.82) is 0 Å². The minimum Gasteiger partial charge on any atom is -0.389 e. The Morgan fingerprint density at radius 3 is 2.76 bits per heavy atom. The average molecular weight is 309 g/mol. The maximum atomic E-state index is 13.9. The predicted octanol–water partition coefficient (Wildman–Crippen LogP) is 4.19. The SMILES string of the molecule is CC1CC(OCc2cc(C(N)=S)ccc2F)CC(C)(C)C1. The number of hydrogen-bond donors (Lipinski definition) is 1. The van der Waals surface area contributed by atoms with Crippen LogP contribution in [0.1, 0.15) is 51.2 Å². The largest absolute Gasteiger partial charge is 0.389 e. The molecule has 0 saturated heterocycles. The molecule has 2 atom stereocenters. The Morgan fingerprint density at radius 1 is 1.43 bits per heavy atom. The molecule has 0 aliphatic heterocycles. The standard InChI is InChI=1S/C17H24FNOS/c1-11-6-14(9-17(2,3)8-11)20-10-13-7-12(16(19)21)4-5-15(13)18/h4-5,7,11,14H,6,8-10H2,1-3H3,(H2,19,21). The van der Waals surface area contributed by atoms with E-state index in [1.165, 1.54) is 12.5 Å². The van der Waals surface area contributed by atoms with Gasteiger partial charge in [-0.2, -0.15) is 0 Å². The molecule has 0 spiro atoms. The lowest BCUT2D eigenvalue weighted by atomic mass is 9.71. The topological polar surface area (TPSA) is 35.2 Å². The number of hydrogen-bond acceptors (Lipinski definition) is 2. The van der Waals surface area contributed by atoms with E-state index in [9.17, 15) is 4.39 Å². The molecule has 2 unspecified atom stereocenters. The lowest BCUT2D eigenvalue weighted by Crippen LogP contribution is -2.32. The zero-order valence-corrected chi connectivity index (χ0v) is 13.8. The van der Waals surface area contributed by atoms with E-state index in [4.69, 9.17) is 22.7 Å². The Balaban J connectivity index is 2.02. The van der Waals surface area contributed by atoms with Gasteiger partial charge in [-0.15, -0.1) is 0 Å². The highest BCUT2D eigenvalue weighted by molar-refractivity contribution is 7.80. The fraction of sp³-hybridized carbons (Fsp3) is 0.588. The van der Waals surface area contributed by atoms with Crippen LogP contribution in [-0.2, 0) is 11.3 Å². The molecule has 2 N–H and O–H groups in total. The van der Waals surface area contributed by atoms with Gasteiger partial charge in [0.05, 0.1) is 12.7 Å². The summed E-state index contributed by atoms with van der Waals surface area (Å²) in [6.45, 7) is 7.07. The van der Waals surface area contributed by atoms with E-state index in [2.05, 4.69) is 20.8 Å². The first-order valence-electron chi connectivity index (χ1n) is 7.47. The zero-order chi connectivity index (χ0) is 15.6. The number of nitrogens with two attached hydrogens (primary N) is 1. The van der Waals surface area contributed by atoms with Crippen molar-refractivity contribution in [2.75, 3.05) is 0 Å². The molecule has 0 aromatic heterocycles. The third-order valence-electron chi connectivity index (χ3n) is 4.15. The van der Waals surface area contributed by atoms with E-state index in [1.807, 2.05) is 0 Å². The number of thiocarbonyl (C=S) groups is 1. The third kappa shape index (κ3) is 4.48. The molecule has 0 bridgehead atoms. The second-order valence-electron chi connectivity index (χ2n) is 7.02. The molecule has 1 aliphatic rings. The second kappa shape index (κ2) is 6.41. The molecule has 0 radical (unpaired) electrons. The van der Waals surface area contributed by atoms with Crippen LogP contribution in [0.5, 0.6) is 0 Å². The van der Waals surface area contributed by atoms with Crippen molar-refractivity contribution in [2.45, 2.75) is 52.7 Å². The summed E-state index contributed by atoms with van der Waals surface area (Å²) in [6, 6.07) is 4.70. The van der Waals surface area contributed by atoms with Crippen molar-refractivity contribution in [2.24, 2.45) is 17.1 Å². The van der Waals surface area contributed by atoms with Crippen LogP contribution in [0.2, 0.25) is 0 Å². The summed E-state index contributed by atoms with van der Waals surface area (Å²) in [5.74, 6) is 0.379. The lowest BCUT2D eigenvalue weighted by Gasteiger charge is -2.38. The number of ether oxygens (including phenoxy) is 1. The van der Waals surface area contributed by atoms with Gasteiger partial charge in [-0.3, -0.25) is 0 Å². The quantitative estimate of drug-likeness (QED) is 0.847. The molecule has 116 valence electrons. The molecular formula is C17H24FNOS. The third-order valence-corrected chi connectivity index (χ3v) is 4.39. The Kier molecular flexibility index (Phi) is 4.99. The van der Waals surface area contributed by atoms with E-state index in [1.54, 1.807) is 12.1 Å². The summed E-state index contributed by atoms with van der Waals surface area (Å²) in [4.78, 5) is 0.281. The highest BCUT2D eigenvalue weighted by Gasteiger charge is 2.32. The maximum Gasteiger partial charge on any atom is 0.128 e. The van der Waals surface area contributed by atoms with Crippen molar-refractivity contribution >= 4 is 17.2 Å². The molecule has 4 heteroatoms. The van der Waals surface area contributed by atoms with Crippen molar-refractivity contribution in [3.63, 3.8) is 0 Å². The normalized spacial score (nSPS) is 24.8. The van der Waals surface area contributed by atoms with Gasteiger partial charge in [0.2, 0.25) is 0 Å². The number of rotatable bonds is 4. The minimum absolute atomic E-state index is 0.191. The van der Waals surface area contributed by atoms with Gasteiger partial charge in [0.25, 0.3) is 0 Å². The van der Waals surface area contributed by atoms with Gasteiger partial charge in [0.1, 0.15) is 10.8 Å². The summed E-state index contributed by atoms with van der Waals surface area (Å²) >= 11 is 4.93. The van der Waals surface area contributed by atoms with Crippen LogP contribution in [0.15, 0.2) is 18.2 Å². The van der Waals surface area contributed by atoms with Crippen molar-refractivity contribution in [1.82, 2.24) is 0 Å². The molecule has 2 rings (SSSR count).